The minimum absolute atomic E-state index is 0.0702. The summed E-state index contributed by atoms with van der Waals surface area (Å²) in [6, 6.07) is 15.3. The van der Waals surface area contributed by atoms with Gasteiger partial charge in [-0.1, -0.05) is 35.9 Å². The lowest BCUT2D eigenvalue weighted by atomic mass is 10.2. The predicted molar refractivity (Wildman–Crippen MR) is 111 cm³/mol. The fraction of sp³-hybridized carbons (Fsp3) is 0.250. The van der Waals surface area contributed by atoms with Crippen LogP contribution in [0.2, 0.25) is 5.02 Å². The molecule has 0 spiro atoms. The molecule has 1 saturated heterocycles. The molecule has 0 saturated carbocycles. The highest BCUT2D eigenvalue weighted by Crippen LogP contribution is 2.27. The first kappa shape index (κ1) is 18.9. The van der Waals surface area contributed by atoms with Crippen molar-refractivity contribution in [1.82, 2.24) is 14.9 Å². The molecule has 1 atom stereocenters. The van der Waals surface area contributed by atoms with Crippen LogP contribution in [0, 0.1) is 4.77 Å². The van der Waals surface area contributed by atoms with Crippen molar-refractivity contribution in [2.45, 2.75) is 25.6 Å². The van der Waals surface area contributed by atoms with Gasteiger partial charge in [-0.05, 0) is 60.5 Å². The Labute approximate surface area is 172 Å². The number of nitrogens with zero attached hydrogens (tertiary/aromatic N) is 3. The summed E-state index contributed by atoms with van der Waals surface area (Å²) in [7, 11) is 0. The number of rotatable bonds is 6. The molecule has 1 aromatic heterocycles. The van der Waals surface area contributed by atoms with Crippen molar-refractivity contribution >= 4 is 30.0 Å². The van der Waals surface area contributed by atoms with Gasteiger partial charge in [-0.15, -0.1) is 0 Å². The molecular formula is C20H19ClN4O2S. The Balaban J connectivity index is 1.47. The van der Waals surface area contributed by atoms with Gasteiger partial charge in [0.1, 0.15) is 18.5 Å². The molecule has 1 unspecified atom stereocenters. The van der Waals surface area contributed by atoms with Crippen molar-refractivity contribution in [2.24, 2.45) is 5.10 Å². The normalized spacial score (nSPS) is 16.7. The van der Waals surface area contributed by atoms with Gasteiger partial charge in [-0.25, -0.2) is 0 Å². The second-order valence-corrected chi connectivity index (χ2v) is 7.26. The first-order valence-electron chi connectivity index (χ1n) is 8.99. The Morgan fingerprint density at radius 2 is 2.18 bits per heavy atom. The zero-order chi connectivity index (χ0) is 19.3. The van der Waals surface area contributed by atoms with Crippen LogP contribution in [-0.2, 0) is 11.3 Å². The van der Waals surface area contributed by atoms with Crippen molar-refractivity contribution in [2.75, 3.05) is 6.61 Å². The van der Waals surface area contributed by atoms with E-state index in [-0.39, 0.29) is 6.10 Å². The van der Waals surface area contributed by atoms with Crippen LogP contribution in [0.15, 0.2) is 53.6 Å². The molecule has 144 valence electrons. The second-order valence-electron chi connectivity index (χ2n) is 6.43. The van der Waals surface area contributed by atoms with Gasteiger partial charge >= 0.3 is 0 Å². The van der Waals surface area contributed by atoms with Crippen LogP contribution < -0.4 is 4.74 Å². The van der Waals surface area contributed by atoms with Gasteiger partial charge < -0.3 is 9.47 Å². The molecule has 28 heavy (non-hydrogen) atoms. The highest BCUT2D eigenvalue weighted by Gasteiger charge is 2.23. The second kappa shape index (κ2) is 8.68. The Morgan fingerprint density at radius 3 is 2.96 bits per heavy atom. The van der Waals surface area contributed by atoms with Crippen molar-refractivity contribution < 1.29 is 9.47 Å². The zero-order valence-electron chi connectivity index (χ0n) is 15.0. The quantitative estimate of drug-likeness (QED) is 0.460. The number of ether oxygens (including phenoxy) is 2. The van der Waals surface area contributed by atoms with Crippen molar-refractivity contribution in [3.63, 3.8) is 0 Å². The lowest BCUT2D eigenvalue weighted by Gasteiger charge is -2.08. The summed E-state index contributed by atoms with van der Waals surface area (Å²) in [4.78, 5) is 0. The fourth-order valence-corrected chi connectivity index (χ4v) is 3.27. The Morgan fingerprint density at radius 1 is 1.32 bits per heavy atom. The van der Waals surface area contributed by atoms with E-state index < -0.39 is 0 Å². The summed E-state index contributed by atoms with van der Waals surface area (Å²) in [6.07, 6.45) is 3.60. The minimum Gasteiger partial charge on any atom is -0.489 e. The van der Waals surface area contributed by atoms with Crippen molar-refractivity contribution in [3.05, 3.63) is 75.3 Å². The van der Waals surface area contributed by atoms with Crippen LogP contribution in [-0.4, -0.2) is 27.7 Å². The molecule has 1 aliphatic heterocycles. The molecule has 0 radical (unpaired) electrons. The largest absolute Gasteiger partial charge is 0.489 e. The van der Waals surface area contributed by atoms with Crippen LogP contribution in [0.25, 0.3) is 0 Å². The maximum atomic E-state index is 5.91. The highest BCUT2D eigenvalue weighted by molar-refractivity contribution is 7.71. The molecule has 4 rings (SSSR count). The number of hydrogen-bond donors (Lipinski definition) is 1. The molecule has 1 N–H and O–H groups in total. The van der Waals surface area contributed by atoms with E-state index in [9.17, 15) is 0 Å². The van der Waals surface area contributed by atoms with E-state index in [4.69, 9.17) is 33.3 Å². The van der Waals surface area contributed by atoms with Gasteiger partial charge in [0.15, 0.2) is 5.82 Å². The third-order valence-electron chi connectivity index (χ3n) is 4.39. The Kier molecular flexibility index (Phi) is 5.85. The Bertz CT molecular complexity index is 1020. The summed E-state index contributed by atoms with van der Waals surface area (Å²) >= 11 is 11.2. The fourth-order valence-electron chi connectivity index (χ4n) is 2.96. The topological polar surface area (TPSA) is 64.4 Å². The van der Waals surface area contributed by atoms with E-state index in [0.717, 1.165) is 36.3 Å². The van der Waals surface area contributed by atoms with Gasteiger partial charge in [-0.2, -0.15) is 14.9 Å². The molecule has 0 aliphatic carbocycles. The number of benzene rings is 2. The molecular weight excluding hydrogens is 396 g/mol. The minimum atomic E-state index is -0.0702. The Hall–Kier alpha value is -2.48. The number of hydrogen-bond acceptors (Lipinski definition) is 5. The van der Waals surface area contributed by atoms with Gasteiger partial charge in [0.2, 0.25) is 4.77 Å². The number of aromatic nitrogens is 3. The van der Waals surface area contributed by atoms with Crippen LogP contribution in [0.4, 0.5) is 0 Å². The van der Waals surface area contributed by atoms with Crippen LogP contribution in [0.5, 0.6) is 5.75 Å². The van der Waals surface area contributed by atoms with E-state index in [0.29, 0.717) is 22.2 Å². The molecule has 0 bridgehead atoms. The smallest absolute Gasteiger partial charge is 0.216 e. The molecule has 6 nitrogen and oxygen atoms in total. The maximum Gasteiger partial charge on any atom is 0.216 e. The van der Waals surface area contributed by atoms with E-state index in [2.05, 4.69) is 15.3 Å². The third kappa shape index (κ3) is 4.49. The predicted octanol–water partition coefficient (Wildman–Crippen LogP) is 4.91. The standard InChI is InChI=1S/C20H19ClN4O2S/c21-16-8-6-14(7-9-16)13-27-17-4-1-3-15(11-17)12-22-25-19(23-24-20(25)28)18-5-2-10-26-18/h1,3-4,6-9,11-12,18H,2,5,10,13H2,(H,24,28)/b22-12-. The van der Waals surface area contributed by atoms with E-state index >= 15 is 0 Å². The van der Waals surface area contributed by atoms with Gasteiger partial charge in [0.05, 0.1) is 6.21 Å². The zero-order valence-corrected chi connectivity index (χ0v) is 16.6. The summed E-state index contributed by atoms with van der Waals surface area (Å²) in [5.41, 5.74) is 1.95. The molecule has 2 aromatic carbocycles. The van der Waals surface area contributed by atoms with E-state index in [1.54, 1.807) is 10.9 Å². The maximum absolute atomic E-state index is 5.91. The molecule has 8 heteroatoms. The van der Waals surface area contributed by atoms with Gasteiger partial charge in [-0.3, -0.25) is 5.10 Å². The molecule has 0 amide bonds. The molecule has 3 aromatic rings. The van der Waals surface area contributed by atoms with E-state index in [1.807, 2.05) is 48.5 Å². The van der Waals surface area contributed by atoms with Crippen molar-refractivity contribution in [1.29, 1.82) is 0 Å². The highest BCUT2D eigenvalue weighted by atomic mass is 35.5. The SMILES string of the molecule is S=c1[nH]nc(C2CCCO2)n1/N=C\c1cccc(OCc2ccc(Cl)cc2)c1. The first-order valence-corrected chi connectivity index (χ1v) is 9.78. The summed E-state index contributed by atoms with van der Waals surface area (Å²) in [5, 5.41) is 12.3. The monoisotopic (exact) mass is 414 g/mol. The lowest BCUT2D eigenvalue weighted by Crippen LogP contribution is -2.05. The average molecular weight is 415 g/mol. The summed E-state index contributed by atoms with van der Waals surface area (Å²) in [6.45, 7) is 1.20. The summed E-state index contributed by atoms with van der Waals surface area (Å²) in [5.74, 6) is 1.46. The molecule has 2 heterocycles. The van der Waals surface area contributed by atoms with Crippen LogP contribution >= 0.6 is 23.8 Å². The number of H-pyrrole nitrogens is 1. The third-order valence-corrected chi connectivity index (χ3v) is 4.91. The van der Waals surface area contributed by atoms with Crippen LogP contribution in [0.3, 0.4) is 0 Å². The number of aromatic amines is 1. The first-order chi connectivity index (χ1) is 13.7. The number of halogens is 1. The molecule has 1 fully saturated rings. The van der Waals surface area contributed by atoms with Crippen LogP contribution in [0.1, 0.15) is 35.9 Å². The number of nitrogens with one attached hydrogen (secondary N) is 1. The summed E-state index contributed by atoms with van der Waals surface area (Å²) < 4.78 is 13.6. The lowest BCUT2D eigenvalue weighted by molar-refractivity contribution is 0.102. The van der Waals surface area contributed by atoms with Gasteiger partial charge in [0, 0.05) is 11.6 Å². The average Bonchev–Trinajstić information content (AvgIpc) is 3.36. The van der Waals surface area contributed by atoms with Crippen molar-refractivity contribution in [3.8, 4) is 5.75 Å². The van der Waals surface area contributed by atoms with Gasteiger partial charge in [0.25, 0.3) is 0 Å². The van der Waals surface area contributed by atoms with E-state index in [1.165, 1.54) is 0 Å². The molecule has 1 aliphatic rings.